The Bertz CT molecular complexity index is 162. The van der Waals surface area contributed by atoms with Crippen molar-refractivity contribution in [1.29, 1.82) is 0 Å². The van der Waals surface area contributed by atoms with Crippen LogP contribution in [0.5, 0.6) is 0 Å². The molecule has 6 heteroatoms. The van der Waals surface area contributed by atoms with Gasteiger partial charge in [-0.05, 0) is 0 Å². The fraction of sp³-hybridized carbons (Fsp3) is 0.700. The minimum Gasteiger partial charge on any atom is -0.466 e. The molecule has 0 aromatic rings. The van der Waals surface area contributed by atoms with E-state index in [0.29, 0.717) is 19.6 Å². The van der Waals surface area contributed by atoms with Gasteiger partial charge in [-0.25, -0.2) is 4.79 Å². The molecule has 0 rings (SSSR count). The van der Waals surface area contributed by atoms with E-state index in [1.807, 2.05) is 0 Å². The molecule has 0 aliphatic rings. The Morgan fingerprint density at radius 3 is 1.69 bits per heavy atom. The third kappa shape index (κ3) is 13.1. The van der Waals surface area contributed by atoms with Gasteiger partial charge >= 0.3 is 5.97 Å². The van der Waals surface area contributed by atoms with Crippen LogP contribution in [0.15, 0.2) is 12.7 Å². The summed E-state index contributed by atoms with van der Waals surface area (Å²) in [5.74, 6) is -0.394. The van der Waals surface area contributed by atoms with Gasteiger partial charge in [0.05, 0.1) is 7.11 Å². The zero-order chi connectivity index (χ0) is 12.8. The highest BCUT2D eigenvalue weighted by molar-refractivity contribution is 5.80. The third-order valence-electron chi connectivity index (χ3n) is 1.70. The number of carbonyl (C=O) groups is 1. The summed E-state index contributed by atoms with van der Waals surface area (Å²) < 4.78 is 4.14. The van der Waals surface area contributed by atoms with Crippen LogP contribution in [-0.4, -0.2) is 57.2 Å². The van der Waals surface area contributed by atoms with E-state index in [9.17, 15) is 4.79 Å². The molecule has 0 aliphatic carbocycles. The van der Waals surface area contributed by atoms with Gasteiger partial charge in [0.1, 0.15) is 0 Å². The highest BCUT2D eigenvalue weighted by atomic mass is 16.5. The second-order valence-electron chi connectivity index (χ2n) is 2.93. The van der Waals surface area contributed by atoms with Crippen LogP contribution in [0.1, 0.15) is 0 Å². The number of nitrogens with two attached hydrogens (primary N) is 3. The van der Waals surface area contributed by atoms with Crippen LogP contribution in [-0.2, 0) is 9.53 Å². The second-order valence-corrected chi connectivity index (χ2v) is 2.93. The van der Waals surface area contributed by atoms with Gasteiger partial charge < -0.3 is 21.9 Å². The maximum absolute atomic E-state index is 9.84. The van der Waals surface area contributed by atoms with Crippen LogP contribution in [0.3, 0.4) is 0 Å². The molecule has 0 aromatic carbocycles. The summed E-state index contributed by atoms with van der Waals surface area (Å²) in [5.41, 5.74) is 16.1. The Kier molecular flexibility index (Phi) is 15.3. The number of ether oxygens (including phenoxy) is 1. The van der Waals surface area contributed by atoms with Gasteiger partial charge in [-0.2, -0.15) is 0 Å². The molecule has 0 aromatic heterocycles. The smallest absolute Gasteiger partial charge is 0.329 e. The Labute approximate surface area is 97.4 Å². The summed E-state index contributed by atoms with van der Waals surface area (Å²) in [6.45, 7) is 7.89. The maximum atomic E-state index is 9.84. The van der Waals surface area contributed by atoms with Crippen LogP contribution in [0.25, 0.3) is 0 Å². The van der Waals surface area contributed by atoms with Crippen molar-refractivity contribution in [3.05, 3.63) is 12.7 Å². The Balaban J connectivity index is 0. The first kappa shape index (κ1) is 17.4. The molecule has 0 fully saturated rings. The predicted octanol–water partition coefficient (Wildman–Crippen LogP) is -1.49. The van der Waals surface area contributed by atoms with Crippen LogP contribution in [0.2, 0.25) is 0 Å². The Morgan fingerprint density at radius 2 is 1.56 bits per heavy atom. The number of nitrogens with zero attached hydrogens (tertiary/aromatic N) is 1. The number of hydrogen-bond donors (Lipinski definition) is 3. The van der Waals surface area contributed by atoms with Crippen molar-refractivity contribution < 1.29 is 9.53 Å². The lowest BCUT2D eigenvalue weighted by Crippen LogP contribution is -2.37. The van der Waals surface area contributed by atoms with E-state index >= 15 is 0 Å². The van der Waals surface area contributed by atoms with Crippen LogP contribution in [0.4, 0.5) is 0 Å². The molecule has 16 heavy (non-hydrogen) atoms. The lowest BCUT2D eigenvalue weighted by molar-refractivity contribution is -0.134. The molecular formula is C10H24N4O2. The highest BCUT2D eigenvalue weighted by Gasteiger charge is 1.98. The predicted molar refractivity (Wildman–Crippen MR) is 65.8 cm³/mol. The molecule has 0 atom stereocenters. The molecule has 0 saturated heterocycles. The Morgan fingerprint density at radius 1 is 1.19 bits per heavy atom. The Hall–Kier alpha value is -0.950. The molecule has 96 valence electrons. The van der Waals surface area contributed by atoms with Gasteiger partial charge in [0, 0.05) is 45.3 Å². The van der Waals surface area contributed by atoms with Gasteiger partial charge in [-0.15, -0.1) is 0 Å². The summed E-state index contributed by atoms with van der Waals surface area (Å²) in [6, 6.07) is 0. The first-order chi connectivity index (χ1) is 7.65. The summed E-state index contributed by atoms with van der Waals surface area (Å²) in [4.78, 5) is 12.0. The molecular weight excluding hydrogens is 208 g/mol. The SMILES string of the molecule is C=CC(=O)OC.NCCN(CCN)CCN. The minimum atomic E-state index is -0.394. The van der Waals surface area contributed by atoms with Crippen LogP contribution < -0.4 is 17.2 Å². The molecule has 0 aliphatic heterocycles. The van der Waals surface area contributed by atoms with E-state index in [1.165, 1.54) is 7.11 Å². The van der Waals surface area contributed by atoms with Gasteiger partial charge in [0.25, 0.3) is 0 Å². The van der Waals surface area contributed by atoms with Gasteiger partial charge in [0.15, 0.2) is 0 Å². The molecule has 0 saturated carbocycles. The number of rotatable bonds is 7. The normalized spacial score (nSPS) is 9.31. The first-order valence-corrected chi connectivity index (χ1v) is 5.19. The summed E-state index contributed by atoms with van der Waals surface area (Å²) in [7, 11) is 1.31. The summed E-state index contributed by atoms with van der Waals surface area (Å²) >= 11 is 0. The maximum Gasteiger partial charge on any atom is 0.329 e. The van der Waals surface area contributed by atoms with E-state index < -0.39 is 5.97 Å². The van der Waals surface area contributed by atoms with Crippen molar-refractivity contribution >= 4 is 5.97 Å². The van der Waals surface area contributed by atoms with E-state index in [-0.39, 0.29) is 0 Å². The first-order valence-electron chi connectivity index (χ1n) is 5.19. The average Bonchev–Trinajstić information content (AvgIpc) is 2.30. The summed E-state index contributed by atoms with van der Waals surface area (Å²) in [6.07, 6.45) is 1.11. The van der Waals surface area contributed by atoms with E-state index in [0.717, 1.165) is 25.7 Å². The van der Waals surface area contributed by atoms with Crippen molar-refractivity contribution in [1.82, 2.24) is 4.90 Å². The van der Waals surface area contributed by atoms with E-state index in [4.69, 9.17) is 17.2 Å². The van der Waals surface area contributed by atoms with Crippen molar-refractivity contribution in [3.8, 4) is 0 Å². The minimum absolute atomic E-state index is 0.394. The average molecular weight is 232 g/mol. The highest BCUT2D eigenvalue weighted by Crippen LogP contribution is 1.81. The molecule has 6 N–H and O–H groups in total. The van der Waals surface area contributed by atoms with E-state index in [1.54, 1.807) is 0 Å². The van der Waals surface area contributed by atoms with Crippen molar-refractivity contribution in [2.45, 2.75) is 0 Å². The molecule has 0 spiro atoms. The van der Waals surface area contributed by atoms with Gasteiger partial charge in [-0.3, -0.25) is 4.90 Å². The number of esters is 1. The fourth-order valence-corrected chi connectivity index (χ4v) is 0.966. The number of methoxy groups -OCH3 is 1. The molecule has 0 unspecified atom stereocenters. The van der Waals surface area contributed by atoms with Gasteiger partial charge in [0.2, 0.25) is 0 Å². The van der Waals surface area contributed by atoms with Crippen LogP contribution >= 0.6 is 0 Å². The lowest BCUT2D eigenvalue weighted by Gasteiger charge is -2.18. The zero-order valence-electron chi connectivity index (χ0n) is 10.0. The van der Waals surface area contributed by atoms with Gasteiger partial charge in [-0.1, -0.05) is 6.58 Å². The molecule has 0 heterocycles. The lowest BCUT2D eigenvalue weighted by atomic mass is 10.4. The third-order valence-corrected chi connectivity index (χ3v) is 1.70. The topological polar surface area (TPSA) is 108 Å². The standard InChI is InChI=1S/C6H18N4.C4H6O2/c7-1-4-10(5-2-8)6-3-9;1-3-4(5)6-2/h1-9H2;3H,1H2,2H3. The van der Waals surface area contributed by atoms with Crippen molar-refractivity contribution in [3.63, 3.8) is 0 Å². The van der Waals surface area contributed by atoms with Crippen molar-refractivity contribution in [2.75, 3.05) is 46.4 Å². The van der Waals surface area contributed by atoms with Crippen LogP contribution in [0, 0.1) is 0 Å². The fourth-order valence-electron chi connectivity index (χ4n) is 0.966. The molecule has 0 amide bonds. The van der Waals surface area contributed by atoms with E-state index in [2.05, 4.69) is 16.2 Å². The molecule has 6 nitrogen and oxygen atoms in total. The largest absolute Gasteiger partial charge is 0.466 e. The number of carbonyl (C=O) groups excluding carboxylic acids is 1. The van der Waals surface area contributed by atoms with Crippen molar-refractivity contribution in [2.24, 2.45) is 17.2 Å². The molecule has 0 radical (unpaired) electrons. The molecule has 0 bridgehead atoms. The quantitative estimate of drug-likeness (QED) is 0.364. The summed E-state index contributed by atoms with van der Waals surface area (Å²) in [5, 5.41) is 0. The number of hydrogen-bond acceptors (Lipinski definition) is 6. The monoisotopic (exact) mass is 232 g/mol. The zero-order valence-corrected chi connectivity index (χ0v) is 10.0. The second kappa shape index (κ2) is 14.1.